The Morgan fingerprint density at radius 3 is 2.58 bits per heavy atom. The van der Waals surface area contributed by atoms with Crippen LogP contribution in [0, 0.1) is 10.1 Å². The van der Waals surface area contributed by atoms with Crippen molar-refractivity contribution in [2.75, 3.05) is 20.7 Å². The minimum absolute atomic E-state index is 0.00342. The molecule has 0 atom stereocenters. The average molecular weight is 441 g/mol. The van der Waals surface area contributed by atoms with Gasteiger partial charge in [0.2, 0.25) is 0 Å². The molecule has 3 rings (SSSR count). The summed E-state index contributed by atoms with van der Waals surface area (Å²) in [7, 11) is 2.81. The van der Waals surface area contributed by atoms with E-state index in [0.29, 0.717) is 16.9 Å². The lowest BCUT2D eigenvalue weighted by atomic mass is 10.1. The van der Waals surface area contributed by atoms with Gasteiger partial charge in [-0.05, 0) is 41.6 Å². The summed E-state index contributed by atoms with van der Waals surface area (Å²) in [4.78, 5) is 37.3. The number of rotatable bonds is 7. The van der Waals surface area contributed by atoms with Crippen molar-refractivity contribution in [3.63, 3.8) is 0 Å². The fourth-order valence-corrected chi connectivity index (χ4v) is 3.13. The highest BCUT2D eigenvalue weighted by atomic mass is 32.1. The molecular formula is C21H19N3O6S. The summed E-state index contributed by atoms with van der Waals surface area (Å²) in [5.74, 6) is -0.272. The number of esters is 1. The third-order valence-corrected chi connectivity index (χ3v) is 5.05. The normalized spacial score (nSPS) is 14.8. The van der Waals surface area contributed by atoms with Crippen LogP contribution in [0.4, 0.5) is 5.69 Å². The SMILES string of the molecule is COC(=O)CN1C(=S)N(C)C(=O)/C1=C/c1ccc(OCc2cccc([N+](=O)[O-])c2)cc1. The Kier molecular flexibility index (Phi) is 6.61. The maximum Gasteiger partial charge on any atom is 0.325 e. The van der Waals surface area contributed by atoms with E-state index in [-0.39, 0.29) is 35.6 Å². The van der Waals surface area contributed by atoms with E-state index in [9.17, 15) is 19.7 Å². The van der Waals surface area contributed by atoms with Crippen molar-refractivity contribution in [1.82, 2.24) is 9.80 Å². The van der Waals surface area contributed by atoms with E-state index < -0.39 is 10.9 Å². The van der Waals surface area contributed by atoms with Gasteiger partial charge in [-0.2, -0.15) is 0 Å². The molecule has 1 aliphatic rings. The number of nitro benzene ring substituents is 1. The minimum atomic E-state index is -0.513. The van der Waals surface area contributed by atoms with Gasteiger partial charge in [0.15, 0.2) is 5.11 Å². The van der Waals surface area contributed by atoms with E-state index in [0.717, 1.165) is 0 Å². The van der Waals surface area contributed by atoms with Crippen molar-refractivity contribution in [3.8, 4) is 5.75 Å². The van der Waals surface area contributed by atoms with Gasteiger partial charge in [0, 0.05) is 19.2 Å². The Morgan fingerprint density at radius 1 is 1.23 bits per heavy atom. The second kappa shape index (κ2) is 9.35. The molecule has 0 aliphatic carbocycles. The fraction of sp³-hybridized carbons (Fsp3) is 0.190. The number of benzene rings is 2. The topological polar surface area (TPSA) is 102 Å². The molecule has 0 bridgehead atoms. The standard InChI is InChI=1S/C21H19N3O6S/c1-22-20(26)18(23(21(22)31)12-19(25)29-2)11-14-6-8-17(9-7-14)30-13-15-4-3-5-16(10-15)24(27)28/h3-11H,12-13H2,1-2H3/b18-11-. The van der Waals surface area contributed by atoms with Crippen LogP contribution >= 0.6 is 12.2 Å². The zero-order chi connectivity index (χ0) is 22.5. The first-order chi connectivity index (χ1) is 14.8. The Labute approximate surface area is 183 Å². The molecule has 10 heteroatoms. The third kappa shape index (κ3) is 5.04. The molecule has 0 radical (unpaired) electrons. The number of likely N-dealkylation sites (N-methyl/N-ethyl adjacent to an activating group) is 1. The molecule has 1 aliphatic heterocycles. The Balaban J connectivity index is 1.73. The van der Waals surface area contributed by atoms with E-state index >= 15 is 0 Å². The fourth-order valence-electron chi connectivity index (χ4n) is 2.89. The van der Waals surface area contributed by atoms with Crippen LogP contribution in [0.25, 0.3) is 6.08 Å². The average Bonchev–Trinajstić information content (AvgIpc) is 2.97. The molecule has 1 saturated heterocycles. The molecule has 31 heavy (non-hydrogen) atoms. The van der Waals surface area contributed by atoms with Crippen LogP contribution in [0.5, 0.6) is 5.75 Å². The van der Waals surface area contributed by atoms with Gasteiger partial charge < -0.3 is 14.4 Å². The maximum absolute atomic E-state index is 12.5. The summed E-state index contributed by atoms with van der Waals surface area (Å²) in [5.41, 5.74) is 1.65. The summed E-state index contributed by atoms with van der Waals surface area (Å²) < 4.78 is 10.4. The Hall–Kier alpha value is -3.79. The van der Waals surface area contributed by atoms with Crippen LogP contribution in [-0.2, 0) is 20.9 Å². The lowest BCUT2D eigenvalue weighted by Crippen LogP contribution is -2.33. The van der Waals surface area contributed by atoms with E-state index in [2.05, 4.69) is 4.74 Å². The minimum Gasteiger partial charge on any atom is -0.489 e. The first kappa shape index (κ1) is 21.9. The number of carbonyl (C=O) groups excluding carboxylic acids is 2. The number of hydrogen-bond acceptors (Lipinski definition) is 7. The molecule has 9 nitrogen and oxygen atoms in total. The molecule has 1 fully saturated rings. The maximum atomic E-state index is 12.5. The number of amides is 1. The van der Waals surface area contributed by atoms with Gasteiger partial charge in [-0.3, -0.25) is 24.6 Å². The predicted octanol–water partition coefficient (Wildman–Crippen LogP) is 2.75. The first-order valence-corrected chi connectivity index (χ1v) is 9.55. The van der Waals surface area contributed by atoms with Crippen molar-refractivity contribution < 1.29 is 24.0 Å². The molecule has 160 valence electrons. The number of ether oxygens (including phenoxy) is 2. The largest absolute Gasteiger partial charge is 0.489 e. The van der Waals surface area contributed by atoms with Crippen LogP contribution in [-0.4, -0.2) is 52.4 Å². The lowest BCUT2D eigenvalue weighted by molar-refractivity contribution is -0.384. The van der Waals surface area contributed by atoms with Crippen LogP contribution in [0.1, 0.15) is 11.1 Å². The highest BCUT2D eigenvalue weighted by Gasteiger charge is 2.36. The highest BCUT2D eigenvalue weighted by molar-refractivity contribution is 7.80. The summed E-state index contributed by atoms with van der Waals surface area (Å²) in [6, 6.07) is 13.2. The molecular weight excluding hydrogens is 422 g/mol. The smallest absolute Gasteiger partial charge is 0.325 e. The molecule has 2 aromatic rings. The van der Waals surface area contributed by atoms with Gasteiger partial charge in [0.25, 0.3) is 11.6 Å². The summed E-state index contributed by atoms with van der Waals surface area (Å²) in [6.07, 6.45) is 1.63. The molecule has 0 spiro atoms. The van der Waals surface area contributed by atoms with Crippen LogP contribution in [0.3, 0.4) is 0 Å². The zero-order valence-corrected chi connectivity index (χ0v) is 17.6. The van der Waals surface area contributed by atoms with Crippen molar-refractivity contribution >= 4 is 41.0 Å². The molecule has 0 aromatic heterocycles. The number of hydrogen-bond donors (Lipinski definition) is 0. The predicted molar refractivity (Wildman–Crippen MR) is 116 cm³/mol. The van der Waals surface area contributed by atoms with E-state index in [1.165, 1.54) is 29.0 Å². The van der Waals surface area contributed by atoms with Crippen molar-refractivity contribution in [2.24, 2.45) is 0 Å². The van der Waals surface area contributed by atoms with Gasteiger partial charge >= 0.3 is 5.97 Å². The summed E-state index contributed by atoms with van der Waals surface area (Å²) >= 11 is 5.25. The summed E-state index contributed by atoms with van der Waals surface area (Å²) in [5, 5.41) is 11.1. The van der Waals surface area contributed by atoms with Crippen LogP contribution < -0.4 is 4.74 Å². The first-order valence-electron chi connectivity index (χ1n) is 9.14. The molecule has 2 aromatic carbocycles. The second-order valence-electron chi connectivity index (χ2n) is 6.62. The Morgan fingerprint density at radius 2 is 1.94 bits per heavy atom. The molecule has 1 amide bonds. The van der Waals surface area contributed by atoms with Crippen LogP contribution in [0.15, 0.2) is 54.2 Å². The van der Waals surface area contributed by atoms with Crippen molar-refractivity contribution in [2.45, 2.75) is 6.61 Å². The van der Waals surface area contributed by atoms with E-state index in [4.69, 9.17) is 17.0 Å². The number of carbonyl (C=O) groups is 2. The zero-order valence-electron chi connectivity index (χ0n) is 16.8. The van der Waals surface area contributed by atoms with Gasteiger partial charge in [-0.15, -0.1) is 0 Å². The monoisotopic (exact) mass is 441 g/mol. The Bertz CT molecular complexity index is 1070. The molecule has 1 heterocycles. The van der Waals surface area contributed by atoms with Gasteiger partial charge in [0.05, 0.1) is 12.0 Å². The van der Waals surface area contributed by atoms with Gasteiger partial charge in [-0.1, -0.05) is 24.3 Å². The highest BCUT2D eigenvalue weighted by Crippen LogP contribution is 2.24. The second-order valence-corrected chi connectivity index (χ2v) is 6.99. The van der Waals surface area contributed by atoms with E-state index in [1.54, 1.807) is 49.5 Å². The number of thiocarbonyl (C=S) groups is 1. The van der Waals surface area contributed by atoms with Crippen molar-refractivity contribution in [1.29, 1.82) is 0 Å². The van der Waals surface area contributed by atoms with Gasteiger partial charge in [-0.25, -0.2) is 0 Å². The van der Waals surface area contributed by atoms with Gasteiger partial charge in [0.1, 0.15) is 24.6 Å². The third-order valence-electron chi connectivity index (χ3n) is 4.56. The number of methoxy groups -OCH3 is 1. The van der Waals surface area contributed by atoms with Crippen LogP contribution in [0.2, 0.25) is 0 Å². The molecule has 0 unspecified atom stereocenters. The number of nitrogens with zero attached hydrogens (tertiary/aromatic N) is 3. The summed E-state index contributed by atoms with van der Waals surface area (Å²) in [6.45, 7) is 0.00816. The molecule has 0 saturated carbocycles. The lowest BCUT2D eigenvalue weighted by Gasteiger charge is -2.16. The quantitative estimate of drug-likeness (QED) is 0.213. The number of non-ortho nitro benzene ring substituents is 1. The number of nitro groups is 1. The molecule has 0 N–H and O–H groups in total. The van der Waals surface area contributed by atoms with E-state index in [1.807, 2.05) is 0 Å². The van der Waals surface area contributed by atoms with Crippen molar-refractivity contribution in [3.05, 3.63) is 75.5 Å².